The van der Waals surface area contributed by atoms with Crippen LogP contribution in [-0.2, 0) is 16.1 Å². The van der Waals surface area contributed by atoms with E-state index in [0.717, 1.165) is 0 Å². The van der Waals surface area contributed by atoms with Gasteiger partial charge in [-0.15, -0.1) is 0 Å². The number of amidine groups is 1. The Morgan fingerprint density at radius 3 is 2.56 bits per heavy atom. The van der Waals surface area contributed by atoms with E-state index >= 15 is 0 Å². The summed E-state index contributed by atoms with van der Waals surface area (Å²) in [7, 11) is 0. The highest BCUT2D eigenvalue weighted by atomic mass is 16.6. The van der Waals surface area contributed by atoms with Crippen LogP contribution in [0.3, 0.4) is 0 Å². The molecule has 0 radical (unpaired) electrons. The molecular formula is C9H7N3O4. The first-order valence-electron chi connectivity index (χ1n) is 4.22. The Labute approximate surface area is 90.0 Å². The molecule has 7 nitrogen and oxygen atoms in total. The molecule has 0 unspecified atom stereocenters. The molecule has 1 aromatic rings. The van der Waals surface area contributed by atoms with E-state index in [-0.39, 0.29) is 6.61 Å². The summed E-state index contributed by atoms with van der Waals surface area (Å²) >= 11 is 0. The SMILES string of the molecule is [N-]=[N+]=C(C(=O)OCc1ccccc1)[N+](=O)[O-]. The molecule has 1 rings (SSSR count). The van der Waals surface area contributed by atoms with Crippen molar-refractivity contribution in [1.82, 2.24) is 0 Å². The lowest BCUT2D eigenvalue weighted by atomic mass is 10.2. The lowest BCUT2D eigenvalue weighted by Crippen LogP contribution is -2.26. The second-order valence-electron chi connectivity index (χ2n) is 2.74. The minimum Gasteiger partial charge on any atom is -0.447 e. The maximum Gasteiger partial charge on any atom is 0.690 e. The molecule has 16 heavy (non-hydrogen) atoms. The molecule has 0 aliphatic carbocycles. The molecule has 0 heterocycles. The van der Waals surface area contributed by atoms with Crippen molar-refractivity contribution in [2.45, 2.75) is 6.61 Å². The van der Waals surface area contributed by atoms with Crippen LogP contribution in [0, 0.1) is 10.1 Å². The number of nitrogens with zero attached hydrogens (tertiary/aromatic N) is 3. The van der Waals surface area contributed by atoms with Crippen LogP contribution in [0.4, 0.5) is 0 Å². The van der Waals surface area contributed by atoms with Gasteiger partial charge in [-0.2, -0.15) is 0 Å². The average Bonchev–Trinajstić information content (AvgIpc) is 2.28. The molecule has 0 bridgehead atoms. The van der Waals surface area contributed by atoms with Crippen LogP contribution < -0.4 is 0 Å². The van der Waals surface area contributed by atoms with Crippen LogP contribution >= 0.6 is 0 Å². The van der Waals surface area contributed by atoms with Gasteiger partial charge < -0.3 is 10.3 Å². The highest BCUT2D eigenvalue weighted by Gasteiger charge is 2.36. The van der Waals surface area contributed by atoms with Gasteiger partial charge in [-0.3, -0.25) is 10.1 Å². The average molecular weight is 221 g/mol. The number of nitro groups is 1. The van der Waals surface area contributed by atoms with Crippen LogP contribution in [0.2, 0.25) is 0 Å². The highest BCUT2D eigenvalue weighted by Crippen LogP contribution is 2.00. The minimum absolute atomic E-state index is 0.119. The van der Waals surface area contributed by atoms with Crippen molar-refractivity contribution in [2.75, 3.05) is 0 Å². The number of hydrogen-bond acceptors (Lipinski definition) is 4. The summed E-state index contributed by atoms with van der Waals surface area (Å²) in [5.41, 5.74) is 8.89. The van der Waals surface area contributed by atoms with Crippen molar-refractivity contribution >= 4 is 11.8 Å². The summed E-state index contributed by atoms with van der Waals surface area (Å²) in [5, 5.41) is 10.2. The highest BCUT2D eigenvalue weighted by molar-refractivity contribution is 6.28. The van der Waals surface area contributed by atoms with Crippen molar-refractivity contribution < 1.29 is 19.2 Å². The molecule has 0 saturated heterocycles. The van der Waals surface area contributed by atoms with Gasteiger partial charge in [-0.25, -0.2) is 4.79 Å². The summed E-state index contributed by atoms with van der Waals surface area (Å²) in [6, 6.07) is 8.63. The number of hydrogen-bond donors (Lipinski definition) is 0. The number of rotatable bonds is 2. The predicted octanol–water partition coefficient (Wildman–Crippen LogP) is 0.635. The van der Waals surface area contributed by atoms with Crippen LogP contribution in [-0.4, -0.2) is 21.5 Å². The predicted molar refractivity (Wildman–Crippen MR) is 51.9 cm³/mol. The fourth-order valence-corrected chi connectivity index (χ4v) is 0.940. The van der Waals surface area contributed by atoms with Crippen molar-refractivity contribution in [1.29, 1.82) is 0 Å². The van der Waals surface area contributed by atoms with E-state index in [1.165, 1.54) is 0 Å². The standard InChI is InChI=1S/C9H7N3O4/c10-11-8(12(14)15)9(13)16-6-7-4-2-1-3-5-7/h1-5H,6H2. The Kier molecular flexibility index (Phi) is 3.88. The third kappa shape index (κ3) is 3.00. The first-order valence-corrected chi connectivity index (χ1v) is 4.22. The van der Waals surface area contributed by atoms with E-state index in [2.05, 4.69) is 9.53 Å². The summed E-state index contributed by atoms with van der Waals surface area (Å²) in [4.78, 5) is 22.4. The van der Waals surface area contributed by atoms with Gasteiger partial charge in [-0.05, 0) is 5.56 Å². The Morgan fingerprint density at radius 1 is 1.44 bits per heavy atom. The minimum atomic E-state index is -1.28. The maximum atomic E-state index is 11.0. The van der Waals surface area contributed by atoms with Crippen LogP contribution in [0.15, 0.2) is 30.3 Å². The van der Waals surface area contributed by atoms with Gasteiger partial charge in [-0.1, -0.05) is 35.1 Å². The number of ether oxygens (including phenoxy) is 1. The van der Waals surface area contributed by atoms with E-state index in [0.29, 0.717) is 5.56 Å². The Bertz CT molecular complexity index is 451. The molecule has 82 valence electrons. The number of carbonyl (C=O) groups excluding carboxylic acids is 1. The normalized spacial score (nSPS) is 9.00. The first-order chi connectivity index (χ1) is 7.65. The molecule has 7 heteroatoms. The largest absolute Gasteiger partial charge is 0.690 e. The Morgan fingerprint density at radius 2 is 2.06 bits per heavy atom. The van der Waals surface area contributed by atoms with E-state index in [1.54, 1.807) is 30.3 Å². The van der Waals surface area contributed by atoms with Gasteiger partial charge in [0.05, 0.1) is 0 Å². The molecule has 0 fully saturated rings. The fourth-order valence-electron chi connectivity index (χ4n) is 0.940. The van der Waals surface area contributed by atoms with E-state index in [4.69, 9.17) is 5.53 Å². The molecule has 0 saturated carbocycles. The summed E-state index contributed by atoms with van der Waals surface area (Å²) in [6.45, 7) is -0.119. The second-order valence-corrected chi connectivity index (χ2v) is 2.74. The van der Waals surface area contributed by atoms with Gasteiger partial charge in [0.15, 0.2) is 4.92 Å². The van der Waals surface area contributed by atoms with E-state index in [9.17, 15) is 14.9 Å². The molecule has 0 aromatic heterocycles. The van der Waals surface area contributed by atoms with Crippen molar-refractivity contribution in [3.63, 3.8) is 0 Å². The monoisotopic (exact) mass is 221 g/mol. The molecule has 0 spiro atoms. The zero-order valence-electron chi connectivity index (χ0n) is 8.07. The van der Waals surface area contributed by atoms with Crippen LogP contribution in [0.1, 0.15) is 5.56 Å². The second kappa shape index (κ2) is 5.38. The molecule has 0 aliphatic heterocycles. The van der Waals surface area contributed by atoms with Gasteiger partial charge in [0, 0.05) is 0 Å². The zero-order chi connectivity index (χ0) is 12.0. The van der Waals surface area contributed by atoms with E-state index in [1.807, 2.05) is 0 Å². The lowest BCUT2D eigenvalue weighted by molar-refractivity contribution is -0.383. The third-order valence-electron chi connectivity index (χ3n) is 1.66. The van der Waals surface area contributed by atoms with Crippen molar-refractivity contribution in [2.24, 2.45) is 0 Å². The van der Waals surface area contributed by atoms with Gasteiger partial charge in [0.2, 0.25) is 0 Å². The number of benzene rings is 1. The van der Waals surface area contributed by atoms with Crippen LogP contribution in [0.25, 0.3) is 5.53 Å². The van der Waals surface area contributed by atoms with Gasteiger partial charge >= 0.3 is 11.8 Å². The van der Waals surface area contributed by atoms with E-state index < -0.39 is 16.7 Å². The molecular weight excluding hydrogens is 214 g/mol. The molecule has 0 N–H and O–H groups in total. The van der Waals surface area contributed by atoms with Gasteiger partial charge in [0.1, 0.15) is 6.61 Å². The zero-order valence-corrected chi connectivity index (χ0v) is 8.07. The van der Waals surface area contributed by atoms with Crippen molar-refractivity contribution in [3.8, 4) is 0 Å². The molecule has 0 atom stereocenters. The quantitative estimate of drug-likeness (QED) is 0.139. The maximum absolute atomic E-state index is 11.0. The molecule has 0 amide bonds. The Balaban J connectivity index is 2.60. The lowest BCUT2D eigenvalue weighted by Gasteiger charge is -1.98. The number of carbonyl (C=O) groups is 1. The first kappa shape index (κ1) is 11.5. The van der Waals surface area contributed by atoms with Crippen LogP contribution in [0.5, 0.6) is 0 Å². The van der Waals surface area contributed by atoms with Crippen molar-refractivity contribution in [3.05, 3.63) is 51.5 Å². The number of esters is 1. The van der Waals surface area contributed by atoms with Gasteiger partial charge in [0.25, 0.3) is 0 Å². The molecule has 0 aliphatic rings. The summed E-state index contributed by atoms with van der Waals surface area (Å²) < 4.78 is 4.57. The summed E-state index contributed by atoms with van der Waals surface area (Å²) in [6.07, 6.45) is 0. The summed E-state index contributed by atoms with van der Waals surface area (Å²) in [5.74, 6) is -2.52. The smallest absolute Gasteiger partial charge is 0.447 e. The fraction of sp³-hybridized carbons (Fsp3) is 0.111. The third-order valence-corrected chi connectivity index (χ3v) is 1.66. The molecule has 1 aromatic carbocycles. The Hall–Kier alpha value is -2.53. The topological polar surface area (TPSA) is 106 Å².